The lowest BCUT2D eigenvalue weighted by atomic mass is 9.79. The molecule has 1 aliphatic rings. The number of methoxy groups -OCH3 is 1. The van der Waals surface area contributed by atoms with Crippen molar-refractivity contribution in [2.24, 2.45) is 0 Å². The number of benzene rings is 1. The van der Waals surface area contributed by atoms with Gasteiger partial charge < -0.3 is 19.9 Å². The van der Waals surface area contributed by atoms with E-state index < -0.39 is 17.2 Å². The number of anilines is 1. The number of rotatable bonds is 4. The lowest BCUT2D eigenvalue weighted by Crippen LogP contribution is -2.54. The summed E-state index contributed by atoms with van der Waals surface area (Å²) in [4.78, 5) is 31.5. The first-order valence-electron chi connectivity index (χ1n) is 9.64. The lowest BCUT2D eigenvalue weighted by molar-refractivity contribution is -0.119. The van der Waals surface area contributed by atoms with Crippen molar-refractivity contribution in [3.8, 4) is 11.5 Å². The molecule has 0 fully saturated rings. The quantitative estimate of drug-likeness (QED) is 0.759. The van der Waals surface area contributed by atoms with Crippen molar-refractivity contribution in [1.82, 2.24) is 9.88 Å². The fraction of sp³-hybridized carbons (Fsp3) is 0.476. The second-order valence-corrected chi connectivity index (χ2v) is 9.29. The van der Waals surface area contributed by atoms with Crippen LogP contribution in [0.2, 0.25) is 0 Å². The molecule has 0 saturated heterocycles. The summed E-state index contributed by atoms with van der Waals surface area (Å²) < 4.78 is 10.8. The molecule has 2 heterocycles. The highest BCUT2D eigenvalue weighted by Crippen LogP contribution is 2.43. The van der Waals surface area contributed by atoms with Gasteiger partial charge in [-0.3, -0.25) is 9.69 Å². The zero-order valence-corrected chi connectivity index (χ0v) is 18.6. The van der Waals surface area contributed by atoms with E-state index in [0.717, 1.165) is 5.56 Å². The minimum absolute atomic E-state index is 0.0232. The average molecular weight is 434 g/mol. The van der Waals surface area contributed by atoms with Crippen LogP contribution >= 0.6 is 11.3 Å². The molecule has 1 aromatic heterocycles. The van der Waals surface area contributed by atoms with Gasteiger partial charge in [0.05, 0.1) is 19.1 Å². The molecule has 8 nitrogen and oxygen atoms in total. The van der Waals surface area contributed by atoms with Gasteiger partial charge in [-0.2, -0.15) is 0 Å². The number of nitrogens with one attached hydrogen (secondary N) is 1. The minimum atomic E-state index is -1.03. The smallest absolute Gasteiger partial charge is 0.411 e. The van der Waals surface area contributed by atoms with Crippen molar-refractivity contribution in [3.05, 3.63) is 34.8 Å². The number of hydrogen-bond donors (Lipinski definition) is 2. The first kappa shape index (κ1) is 21.9. The van der Waals surface area contributed by atoms with E-state index in [4.69, 9.17) is 9.47 Å². The highest BCUT2D eigenvalue weighted by Gasteiger charge is 2.45. The molecule has 1 aliphatic heterocycles. The van der Waals surface area contributed by atoms with Crippen molar-refractivity contribution >= 4 is 28.5 Å². The number of amides is 2. The van der Waals surface area contributed by atoms with Crippen molar-refractivity contribution in [2.75, 3.05) is 19.0 Å². The van der Waals surface area contributed by atoms with Crippen LogP contribution in [0.3, 0.4) is 0 Å². The second-order valence-electron chi connectivity index (χ2n) is 8.40. The molecule has 0 bridgehead atoms. The van der Waals surface area contributed by atoms with Gasteiger partial charge >= 0.3 is 6.09 Å². The number of hydrogen-bond acceptors (Lipinski definition) is 7. The molecule has 162 valence electrons. The van der Waals surface area contributed by atoms with Gasteiger partial charge in [-0.25, -0.2) is 9.78 Å². The molecular weight excluding hydrogens is 406 g/mol. The summed E-state index contributed by atoms with van der Waals surface area (Å²) in [7, 11) is 1.48. The molecule has 1 atom stereocenters. The zero-order chi connectivity index (χ0) is 22.1. The molecule has 0 unspecified atom stereocenters. The average Bonchev–Trinajstić information content (AvgIpc) is 3.13. The molecule has 2 amide bonds. The standard InChI is InChI=1S/C21H27N3O5S/c1-20(2,3)29-19(27)24-8-6-13-10-16(28-5)15(25)11-14(13)21(24,4)12-17(26)23-18-22-7-9-30-18/h7,9-11,25H,6,8,12H2,1-5H3,(H,22,23,26)/t21-/m1/s1. The van der Waals surface area contributed by atoms with E-state index in [1.165, 1.54) is 18.4 Å². The Morgan fingerprint density at radius 3 is 2.70 bits per heavy atom. The number of nitrogens with zero attached hydrogens (tertiary/aromatic N) is 2. The van der Waals surface area contributed by atoms with Gasteiger partial charge in [0.2, 0.25) is 5.91 Å². The SMILES string of the molecule is COc1cc2c(cc1O)[C@@](C)(CC(=O)Nc1nccs1)N(C(=O)OC(C)(C)C)CC2. The van der Waals surface area contributed by atoms with Crippen LogP contribution in [0.15, 0.2) is 23.7 Å². The van der Waals surface area contributed by atoms with Gasteiger partial charge in [-0.05, 0) is 57.4 Å². The summed E-state index contributed by atoms with van der Waals surface area (Å²) in [6.45, 7) is 7.57. The number of thiazole rings is 1. The number of fused-ring (bicyclic) bond motifs is 1. The molecule has 1 aromatic carbocycles. The second kappa shape index (κ2) is 8.14. The fourth-order valence-corrected chi connectivity index (χ4v) is 4.21. The van der Waals surface area contributed by atoms with Crippen LogP contribution in [-0.2, 0) is 21.5 Å². The van der Waals surface area contributed by atoms with Crippen molar-refractivity contribution in [1.29, 1.82) is 0 Å². The summed E-state index contributed by atoms with van der Waals surface area (Å²) in [6.07, 6.45) is 1.63. The molecule has 9 heteroatoms. The number of carbonyl (C=O) groups is 2. The molecular formula is C21H27N3O5S. The molecule has 0 saturated carbocycles. The van der Waals surface area contributed by atoms with E-state index in [1.54, 1.807) is 49.4 Å². The van der Waals surface area contributed by atoms with Crippen molar-refractivity contribution in [3.63, 3.8) is 0 Å². The maximum absolute atomic E-state index is 13.0. The van der Waals surface area contributed by atoms with E-state index in [9.17, 15) is 14.7 Å². The van der Waals surface area contributed by atoms with Gasteiger partial charge in [0, 0.05) is 18.1 Å². The van der Waals surface area contributed by atoms with Crippen LogP contribution in [0.25, 0.3) is 0 Å². The first-order chi connectivity index (χ1) is 14.0. The largest absolute Gasteiger partial charge is 0.504 e. The van der Waals surface area contributed by atoms with Gasteiger partial charge in [0.1, 0.15) is 5.60 Å². The third-order valence-corrected chi connectivity index (χ3v) is 5.67. The number of aromatic hydroxyl groups is 1. The fourth-order valence-electron chi connectivity index (χ4n) is 3.67. The van der Waals surface area contributed by atoms with E-state index in [1.807, 2.05) is 6.92 Å². The van der Waals surface area contributed by atoms with Gasteiger partial charge in [0.25, 0.3) is 0 Å². The molecule has 2 N–H and O–H groups in total. The normalized spacial score (nSPS) is 18.5. The predicted octanol–water partition coefficient (Wildman–Crippen LogP) is 3.89. The maximum atomic E-state index is 13.0. The predicted molar refractivity (Wildman–Crippen MR) is 114 cm³/mol. The van der Waals surface area contributed by atoms with E-state index >= 15 is 0 Å². The van der Waals surface area contributed by atoms with Crippen LogP contribution in [0.4, 0.5) is 9.93 Å². The molecule has 0 spiro atoms. The molecule has 3 rings (SSSR count). The number of phenolic OH excluding ortho intramolecular Hbond substituents is 1. The molecule has 0 radical (unpaired) electrons. The third kappa shape index (κ3) is 4.51. The van der Waals surface area contributed by atoms with Crippen LogP contribution in [0.1, 0.15) is 45.2 Å². The first-order valence-corrected chi connectivity index (χ1v) is 10.5. The Hall–Kier alpha value is -2.81. The summed E-state index contributed by atoms with van der Waals surface area (Å²) in [5.41, 5.74) is -0.106. The number of carbonyl (C=O) groups excluding carboxylic acids is 2. The van der Waals surface area contributed by atoms with Crippen LogP contribution in [-0.4, -0.2) is 46.2 Å². The molecule has 2 aromatic rings. The molecule has 30 heavy (non-hydrogen) atoms. The van der Waals surface area contributed by atoms with Crippen LogP contribution in [0.5, 0.6) is 11.5 Å². The summed E-state index contributed by atoms with van der Waals surface area (Å²) >= 11 is 1.32. The number of ether oxygens (including phenoxy) is 2. The summed E-state index contributed by atoms with van der Waals surface area (Å²) in [5, 5.41) is 15.4. The Labute approximate surface area is 179 Å². The summed E-state index contributed by atoms with van der Waals surface area (Å²) in [5.74, 6) is 0.0204. The Kier molecular flexibility index (Phi) is 5.94. The van der Waals surface area contributed by atoms with E-state index in [-0.39, 0.29) is 18.1 Å². The third-order valence-electron chi connectivity index (χ3n) is 4.98. The van der Waals surface area contributed by atoms with Crippen molar-refractivity contribution in [2.45, 2.75) is 51.7 Å². The number of phenols is 1. The summed E-state index contributed by atoms with van der Waals surface area (Å²) in [6, 6.07) is 3.33. The highest BCUT2D eigenvalue weighted by atomic mass is 32.1. The maximum Gasteiger partial charge on any atom is 0.411 e. The monoisotopic (exact) mass is 433 g/mol. The molecule has 0 aliphatic carbocycles. The van der Waals surface area contributed by atoms with Crippen LogP contribution < -0.4 is 10.1 Å². The highest BCUT2D eigenvalue weighted by molar-refractivity contribution is 7.13. The topological polar surface area (TPSA) is 101 Å². The Bertz CT molecular complexity index is 939. The Balaban J connectivity index is 2.00. The Morgan fingerprint density at radius 2 is 2.10 bits per heavy atom. The number of aromatic nitrogens is 1. The van der Waals surface area contributed by atoms with Gasteiger partial charge in [-0.1, -0.05) is 0 Å². The lowest BCUT2D eigenvalue weighted by Gasteiger charge is -2.46. The van der Waals surface area contributed by atoms with E-state index in [0.29, 0.717) is 29.4 Å². The zero-order valence-electron chi connectivity index (χ0n) is 17.8. The van der Waals surface area contributed by atoms with Gasteiger partial charge in [0.15, 0.2) is 16.6 Å². The van der Waals surface area contributed by atoms with E-state index in [2.05, 4.69) is 10.3 Å². The minimum Gasteiger partial charge on any atom is -0.504 e. The van der Waals surface area contributed by atoms with Gasteiger partial charge in [-0.15, -0.1) is 11.3 Å². The van der Waals surface area contributed by atoms with Crippen LogP contribution in [0, 0.1) is 0 Å². The van der Waals surface area contributed by atoms with Crippen molar-refractivity contribution < 1.29 is 24.2 Å². The Morgan fingerprint density at radius 1 is 1.37 bits per heavy atom.